The predicted molar refractivity (Wildman–Crippen MR) is 116 cm³/mol. The Kier molecular flexibility index (Phi) is 6.59. The lowest BCUT2D eigenvalue weighted by atomic mass is 10.0. The Morgan fingerprint density at radius 1 is 1.10 bits per heavy atom. The van der Waals surface area contributed by atoms with Crippen LogP contribution in [-0.4, -0.2) is 4.92 Å². The number of nitrogens with zero attached hydrogens (tertiary/aromatic N) is 3. The van der Waals surface area contributed by atoms with Crippen LogP contribution in [0.25, 0.3) is 11.6 Å². The van der Waals surface area contributed by atoms with Crippen LogP contribution in [0.1, 0.15) is 22.3 Å². The van der Waals surface area contributed by atoms with Gasteiger partial charge in [0.2, 0.25) is 0 Å². The van der Waals surface area contributed by atoms with Gasteiger partial charge in [0.15, 0.2) is 0 Å². The van der Waals surface area contributed by atoms with Gasteiger partial charge in [0.1, 0.15) is 12.4 Å². The van der Waals surface area contributed by atoms with Crippen molar-refractivity contribution in [1.29, 1.82) is 10.5 Å². The molecule has 0 fully saturated rings. The summed E-state index contributed by atoms with van der Waals surface area (Å²) in [5.74, 6) is 0.591. The number of hydrogen-bond acceptors (Lipinski definition) is 5. The zero-order valence-electron chi connectivity index (χ0n) is 15.6. The van der Waals surface area contributed by atoms with Crippen molar-refractivity contribution in [3.63, 3.8) is 0 Å². The fraction of sp³-hybridized carbons (Fsp3) is 0.0435. The molecule has 30 heavy (non-hydrogen) atoms. The average Bonchev–Trinajstić information content (AvgIpc) is 2.77. The number of ether oxygens (including phenoxy) is 1. The molecular weight excluding hydrogens is 446 g/mol. The maximum Gasteiger partial charge on any atom is 0.270 e. The number of nitro benzene ring substituents is 1. The zero-order chi connectivity index (χ0) is 21.5. The van der Waals surface area contributed by atoms with Crippen LogP contribution in [0.5, 0.6) is 5.75 Å². The summed E-state index contributed by atoms with van der Waals surface area (Å²) in [6.07, 6.45) is 1.65. The van der Waals surface area contributed by atoms with Gasteiger partial charge in [-0.3, -0.25) is 10.1 Å². The first kappa shape index (κ1) is 20.8. The lowest BCUT2D eigenvalue weighted by molar-refractivity contribution is -0.384. The lowest BCUT2D eigenvalue weighted by Gasteiger charge is -2.10. The van der Waals surface area contributed by atoms with Crippen molar-refractivity contribution >= 4 is 33.3 Å². The van der Waals surface area contributed by atoms with Gasteiger partial charge in [-0.2, -0.15) is 10.5 Å². The molecule has 3 rings (SSSR count). The highest BCUT2D eigenvalue weighted by molar-refractivity contribution is 9.10. The molecule has 0 bridgehead atoms. The van der Waals surface area contributed by atoms with Crippen molar-refractivity contribution in [3.8, 4) is 17.9 Å². The summed E-state index contributed by atoms with van der Waals surface area (Å²) in [5.41, 5.74) is 2.78. The molecule has 0 saturated carbocycles. The van der Waals surface area contributed by atoms with E-state index in [2.05, 4.69) is 28.1 Å². The molecule has 0 heterocycles. The van der Waals surface area contributed by atoms with Crippen LogP contribution in [0.3, 0.4) is 0 Å². The third-order valence-corrected chi connectivity index (χ3v) is 4.90. The molecule has 0 aromatic heterocycles. The molecule has 0 atom stereocenters. The third kappa shape index (κ3) is 4.91. The highest BCUT2D eigenvalue weighted by atomic mass is 79.9. The van der Waals surface area contributed by atoms with Crippen LogP contribution in [0.15, 0.2) is 71.2 Å². The lowest BCUT2D eigenvalue weighted by Crippen LogP contribution is -1.98. The summed E-state index contributed by atoms with van der Waals surface area (Å²) >= 11 is 3.46. The molecule has 146 valence electrons. The second kappa shape index (κ2) is 9.51. The van der Waals surface area contributed by atoms with Crippen LogP contribution in [0, 0.1) is 32.8 Å². The number of hydrogen-bond donors (Lipinski definition) is 0. The minimum absolute atomic E-state index is 0.0729. The number of non-ortho nitro benzene ring substituents is 1. The van der Waals surface area contributed by atoms with Gasteiger partial charge in [-0.05, 0) is 51.3 Å². The second-order valence-electron chi connectivity index (χ2n) is 6.22. The summed E-state index contributed by atoms with van der Waals surface area (Å²) in [6, 6.07) is 22.7. The maximum atomic E-state index is 11.0. The molecule has 0 saturated heterocycles. The first-order valence-electron chi connectivity index (χ1n) is 8.79. The fourth-order valence-electron chi connectivity index (χ4n) is 2.77. The molecule has 0 radical (unpaired) electrons. The summed E-state index contributed by atoms with van der Waals surface area (Å²) in [6.45, 7) is 0.245. The summed E-state index contributed by atoms with van der Waals surface area (Å²) < 4.78 is 6.50. The highest BCUT2D eigenvalue weighted by Crippen LogP contribution is 2.29. The topological polar surface area (TPSA) is 99.9 Å². The van der Waals surface area contributed by atoms with E-state index in [1.54, 1.807) is 48.5 Å². The molecule has 0 amide bonds. The Bertz CT molecular complexity index is 1220. The molecule has 3 aromatic carbocycles. The monoisotopic (exact) mass is 459 g/mol. The molecule has 0 spiro atoms. The fourth-order valence-corrected chi connectivity index (χ4v) is 3.28. The van der Waals surface area contributed by atoms with E-state index in [9.17, 15) is 20.6 Å². The Morgan fingerprint density at radius 2 is 1.90 bits per heavy atom. The summed E-state index contributed by atoms with van der Waals surface area (Å²) in [5, 5.41) is 29.6. The van der Waals surface area contributed by atoms with Crippen molar-refractivity contribution in [2.45, 2.75) is 6.61 Å². The van der Waals surface area contributed by atoms with Gasteiger partial charge < -0.3 is 4.74 Å². The first-order valence-corrected chi connectivity index (χ1v) is 9.58. The molecule has 0 aliphatic carbocycles. The number of nitro groups is 1. The SMILES string of the molecule is N#CC(=Cc1ccc(OCc2ccccc2C#N)c(Br)c1)c1cccc([N+](=O)[O-])c1. The van der Waals surface area contributed by atoms with E-state index in [1.807, 2.05) is 12.1 Å². The van der Waals surface area contributed by atoms with Crippen LogP contribution >= 0.6 is 15.9 Å². The smallest absolute Gasteiger partial charge is 0.270 e. The molecule has 7 heteroatoms. The number of nitriles is 2. The maximum absolute atomic E-state index is 11.0. The Labute approximate surface area is 181 Å². The van der Waals surface area contributed by atoms with Crippen LogP contribution in [0.2, 0.25) is 0 Å². The van der Waals surface area contributed by atoms with Gasteiger partial charge in [-0.1, -0.05) is 36.4 Å². The van der Waals surface area contributed by atoms with Gasteiger partial charge in [0.05, 0.1) is 32.7 Å². The van der Waals surface area contributed by atoms with E-state index in [4.69, 9.17) is 4.74 Å². The molecular formula is C23H14BrN3O3. The van der Waals surface area contributed by atoms with Gasteiger partial charge >= 0.3 is 0 Å². The van der Waals surface area contributed by atoms with Crippen molar-refractivity contribution < 1.29 is 9.66 Å². The minimum Gasteiger partial charge on any atom is -0.488 e. The number of halogens is 1. The highest BCUT2D eigenvalue weighted by Gasteiger charge is 2.10. The van der Waals surface area contributed by atoms with Crippen molar-refractivity contribution in [2.75, 3.05) is 0 Å². The van der Waals surface area contributed by atoms with Crippen molar-refractivity contribution in [1.82, 2.24) is 0 Å². The normalized spacial score (nSPS) is 10.7. The average molecular weight is 460 g/mol. The van der Waals surface area contributed by atoms with Gasteiger partial charge in [-0.15, -0.1) is 0 Å². The molecule has 3 aromatic rings. The first-order chi connectivity index (χ1) is 14.5. The van der Waals surface area contributed by atoms with Gasteiger partial charge in [-0.25, -0.2) is 0 Å². The van der Waals surface area contributed by atoms with E-state index in [0.29, 0.717) is 26.9 Å². The zero-order valence-corrected chi connectivity index (χ0v) is 17.2. The van der Waals surface area contributed by atoms with E-state index >= 15 is 0 Å². The van der Waals surface area contributed by atoms with Crippen LogP contribution in [-0.2, 0) is 6.61 Å². The van der Waals surface area contributed by atoms with E-state index in [0.717, 1.165) is 11.1 Å². The Balaban J connectivity index is 1.82. The van der Waals surface area contributed by atoms with Crippen molar-refractivity contribution in [2.24, 2.45) is 0 Å². The van der Waals surface area contributed by atoms with Crippen molar-refractivity contribution in [3.05, 3.63) is 104 Å². The molecule has 6 nitrogen and oxygen atoms in total. The number of allylic oxidation sites excluding steroid dienone is 1. The Morgan fingerprint density at radius 3 is 2.60 bits per heavy atom. The third-order valence-electron chi connectivity index (χ3n) is 4.28. The van der Waals surface area contributed by atoms with Gasteiger partial charge in [0, 0.05) is 17.7 Å². The number of rotatable bonds is 6. The molecule has 0 aliphatic rings. The molecule has 0 N–H and O–H groups in total. The van der Waals surface area contributed by atoms with Crippen LogP contribution < -0.4 is 4.74 Å². The number of benzene rings is 3. The quantitative estimate of drug-likeness (QED) is 0.198. The van der Waals surface area contributed by atoms with Gasteiger partial charge in [0.25, 0.3) is 5.69 Å². The predicted octanol–water partition coefficient (Wildman–Crippen LogP) is 5.87. The van der Waals surface area contributed by atoms with E-state index < -0.39 is 4.92 Å². The van der Waals surface area contributed by atoms with Crippen LogP contribution in [0.4, 0.5) is 5.69 Å². The summed E-state index contributed by atoms with van der Waals surface area (Å²) in [7, 11) is 0. The molecule has 0 aliphatic heterocycles. The molecule has 0 unspecified atom stereocenters. The van der Waals surface area contributed by atoms with E-state index in [-0.39, 0.29) is 12.3 Å². The second-order valence-corrected chi connectivity index (χ2v) is 7.08. The minimum atomic E-state index is -0.494. The standard InChI is InChI=1S/C23H14BrN3O3/c24-22-11-16(10-20(14-26)17-6-3-7-21(12-17)27(28)29)8-9-23(22)30-15-19-5-2-1-4-18(19)13-25/h1-12H,15H2. The largest absolute Gasteiger partial charge is 0.488 e. The summed E-state index contributed by atoms with van der Waals surface area (Å²) in [4.78, 5) is 10.5. The van der Waals surface area contributed by atoms with E-state index in [1.165, 1.54) is 12.1 Å². The Hall–Kier alpha value is -3.94.